The molecule has 2 rings (SSSR count). The number of benzene rings is 1. The smallest absolute Gasteiger partial charge is 0.221 e. The van der Waals surface area contributed by atoms with Gasteiger partial charge in [0.25, 0.3) is 0 Å². The second-order valence-electron chi connectivity index (χ2n) is 6.07. The van der Waals surface area contributed by atoms with Gasteiger partial charge in [0.1, 0.15) is 0 Å². The van der Waals surface area contributed by atoms with Gasteiger partial charge in [-0.1, -0.05) is 23.7 Å². The van der Waals surface area contributed by atoms with E-state index in [-0.39, 0.29) is 11.8 Å². The first-order valence-electron chi connectivity index (χ1n) is 8.11. The Kier molecular flexibility index (Phi) is 7.02. The summed E-state index contributed by atoms with van der Waals surface area (Å²) in [7, 11) is 0. The highest BCUT2D eigenvalue weighted by molar-refractivity contribution is 6.30. The second-order valence-corrected chi connectivity index (χ2v) is 6.51. The zero-order valence-electron chi connectivity index (χ0n) is 13.9. The highest BCUT2D eigenvalue weighted by Crippen LogP contribution is 2.09. The van der Waals surface area contributed by atoms with Gasteiger partial charge in [0, 0.05) is 57.6 Å². The molecule has 1 fully saturated rings. The van der Waals surface area contributed by atoms with Gasteiger partial charge in [-0.05, 0) is 17.7 Å². The van der Waals surface area contributed by atoms with E-state index in [0.29, 0.717) is 50.7 Å². The summed E-state index contributed by atoms with van der Waals surface area (Å²) in [6.45, 7) is 4.63. The van der Waals surface area contributed by atoms with Crippen LogP contribution in [0.5, 0.6) is 0 Å². The molecule has 1 saturated heterocycles. The number of halogens is 1. The lowest BCUT2D eigenvalue weighted by atomic mass is 10.2. The minimum absolute atomic E-state index is 0.0309. The van der Waals surface area contributed by atoms with E-state index in [1.807, 2.05) is 17.0 Å². The Balaban J connectivity index is 1.72. The summed E-state index contributed by atoms with van der Waals surface area (Å²) >= 11 is 5.83. The average molecular weight is 354 g/mol. The predicted octanol–water partition coefficient (Wildman–Crippen LogP) is 0.871. The molecular weight excluding hydrogens is 330 g/mol. The summed E-state index contributed by atoms with van der Waals surface area (Å²) in [6, 6.07) is 7.35. The van der Waals surface area contributed by atoms with Crippen molar-refractivity contribution in [1.29, 1.82) is 0 Å². The van der Waals surface area contributed by atoms with E-state index in [1.165, 1.54) is 6.92 Å². The van der Waals surface area contributed by atoms with Gasteiger partial charge in [-0.3, -0.25) is 14.5 Å². The van der Waals surface area contributed by atoms with E-state index in [0.717, 1.165) is 5.56 Å². The molecule has 1 aliphatic rings. The van der Waals surface area contributed by atoms with E-state index >= 15 is 0 Å². The van der Waals surface area contributed by atoms with Gasteiger partial charge >= 0.3 is 0 Å². The maximum Gasteiger partial charge on any atom is 0.221 e. The zero-order chi connectivity index (χ0) is 17.5. The third-order valence-electron chi connectivity index (χ3n) is 4.09. The Morgan fingerprint density at radius 1 is 1.25 bits per heavy atom. The molecule has 1 aromatic carbocycles. The molecule has 1 aromatic rings. The molecule has 1 heterocycles. The Hall–Kier alpha value is -1.63. The summed E-state index contributed by atoms with van der Waals surface area (Å²) in [5.74, 6) is -0.0660. The molecule has 0 aliphatic carbocycles. The van der Waals surface area contributed by atoms with E-state index in [9.17, 15) is 14.7 Å². The van der Waals surface area contributed by atoms with E-state index in [1.54, 1.807) is 17.0 Å². The molecule has 7 heteroatoms. The Bertz CT molecular complexity index is 565. The average Bonchev–Trinajstić information content (AvgIpc) is 2.74. The van der Waals surface area contributed by atoms with Gasteiger partial charge in [0.2, 0.25) is 11.8 Å². The molecule has 0 aromatic heterocycles. The van der Waals surface area contributed by atoms with Gasteiger partial charge in [-0.2, -0.15) is 0 Å². The van der Waals surface area contributed by atoms with Gasteiger partial charge in [0.15, 0.2) is 0 Å². The van der Waals surface area contributed by atoms with Crippen LogP contribution in [0.25, 0.3) is 0 Å². The molecule has 0 saturated carbocycles. The van der Waals surface area contributed by atoms with Crippen LogP contribution in [0.1, 0.15) is 18.9 Å². The van der Waals surface area contributed by atoms with Crippen LogP contribution in [-0.2, 0) is 16.1 Å². The van der Waals surface area contributed by atoms with Crippen molar-refractivity contribution in [3.05, 3.63) is 34.9 Å². The summed E-state index contributed by atoms with van der Waals surface area (Å²) < 4.78 is 0. The molecular formula is C17H24ClN3O3. The quantitative estimate of drug-likeness (QED) is 0.824. The SMILES string of the molecule is CC(=O)N1CCN(CCC(=O)NCc2ccc(Cl)cc2)CC(O)C1. The summed E-state index contributed by atoms with van der Waals surface area (Å²) in [5, 5.41) is 13.5. The van der Waals surface area contributed by atoms with Crippen molar-refractivity contribution in [2.75, 3.05) is 32.7 Å². The van der Waals surface area contributed by atoms with Gasteiger partial charge < -0.3 is 15.3 Å². The van der Waals surface area contributed by atoms with Crippen molar-refractivity contribution >= 4 is 23.4 Å². The van der Waals surface area contributed by atoms with Gasteiger partial charge in [0.05, 0.1) is 6.10 Å². The van der Waals surface area contributed by atoms with Crippen molar-refractivity contribution in [2.24, 2.45) is 0 Å². The predicted molar refractivity (Wildman–Crippen MR) is 92.6 cm³/mol. The fraction of sp³-hybridized carbons (Fsp3) is 0.529. The molecule has 1 atom stereocenters. The van der Waals surface area contributed by atoms with E-state index in [2.05, 4.69) is 5.32 Å². The minimum Gasteiger partial charge on any atom is -0.390 e. The second kappa shape index (κ2) is 9.01. The lowest BCUT2D eigenvalue weighted by molar-refractivity contribution is -0.129. The Labute approximate surface area is 147 Å². The molecule has 1 unspecified atom stereocenters. The van der Waals surface area contributed by atoms with Crippen LogP contribution in [0.2, 0.25) is 5.02 Å². The maximum absolute atomic E-state index is 12.0. The first-order chi connectivity index (χ1) is 11.4. The fourth-order valence-corrected chi connectivity index (χ4v) is 2.82. The van der Waals surface area contributed by atoms with Crippen LogP contribution in [0.15, 0.2) is 24.3 Å². The number of carbonyl (C=O) groups is 2. The van der Waals surface area contributed by atoms with Crippen molar-refractivity contribution in [2.45, 2.75) is 26.0 Å². The first-order valence-corrected chi connectivity index (χ1v) is 8.49. The van der Waals surface area contributed by atoms with Crippen molar-refractivity contribution in [3.8, 4) is 0 Å². The largest absolute Gasteiger partial charge is 0.390 e. The van der Waals surface area contributed by atoms with Crippen LogP contribution in [-0.4, -0.2) is 65.5 Å². The first kappa shape index (κ1) is 18.7. The molecule has 0 radical (unpaired) electrons. The number of amides is 2. The highest BCUT2D eigenvalue weighted by atomic mass is 35.5. The Morgan fingerprint density at radius 2 is 1.96 bits per heavy atom. The van der Waals surface area contributed by atoms with E-state index < -0.39 is 6.10 Å². The van der Waals surface area contributed by atoms with Crippen LogP contribution >= 0.6 is 11.6 Å². The Morgan fingerprint density at radius 3 is 2.62 bits per heavy atom. The molecule has 24 heavy (non-hydrogen) atoms. The maximum atomic E-state index is 12.0. The number of hydrogen-bond acceptors (Lipinski definition) is 4. The number of nitrogens with zero attached hydrogens (tertiary/aromatic N) is 2. The van der Waals surface area contributed by atoms with Crippen molar-refractivity contribution < 1.29 is 14.7 Å². The fourth-order valence-electron chi connectivity index (χ4n) is 2.69. The third-order valence-corrected chi connectivity index (χ3v) is 4.34. The number of aliphatic hydroxyl groups is 1. The number of carbonyl (C=O) groups excluding carboxylic acids is 2. The summed E-state index contributed by atoms with van der Waals surface area (Å²) in [4.78, 5) is 27.1. The molecule has 0 spiro atoms. The minimum atomic E-state index is -0.575. The van der Waals surface area contributed by atoms with Crippen molar-refractivity contribution in [3.63, 3.8) is 0 Å². The monoisotopic (exact) mass is 353 g/mol. The molecule has 2 N–H and O–H groups in total. The molecule has 1 aliphatic heterocycles. The number of rotatable bonds is 5. The lowest BCUT2D eigenvalue weighted by Crippen LogP contribution is -2.36. The number of β-amino-alcohol motifs (C(OH)–C–C–N with tert-alkyl or cyclic N) is 1. The number of aliphatic hydroxyl groups excluding tert-OH is 1. The molecule has 6 nitrogen and oxygen atoms in total. The summed E-state index contributed by atoms with van der Waals surface area (Å²) in [5.41, 5.74) is 0.995. The third kappa shape index (κ3) is 6.11. The van der Waals surface area contributed by atoms with Crippen molar-refractivity contribution in [1.82, 2.24) is 15.1 Å². The van der Waals surface area contributed by atoms with Gasteiger partial charge in [-0.15, -0.1) is 0 Å². The van der Waals surface area contributed by atoms with Crippen LogP contribution < -0.4 is 5.32 Å². The molecule has 0 bridgehead atoms. The normalized spacial score (nSPS) is 19.0. The van der Waals surface area contributed by atoms with Crippen LogP contribution in [0, 0.1) is 0 Å². The van der Waals surface area contributed by atoms with Gasteiger partial charge in [-0.25, -0.2) is 0 Å². The van der Waals surface area contributed by atoms with Crippen LogP contribution in [0.3, 0.4) is 0 Å². The lowest BCUT2D eigenvalue weighted by Gasteiger charge is -2.20. The van der Waals surface area contributed by atoms with E-state index in [4.69, 9.17) is 11.6 Å². The highest BCUT2D eigenvalue weighted by Gasteiger charge is 2.22. The summed E-state index contributed by atoms with van der Waals surface area (Å²) in [6.07, 6.45) is -0.214. The van der Waals surface area contributed by atoms with Crippen LogP contribution in [0.4, 0.5) is 0 Å². The number of hydrogen-bond donors (Lipinski definition) is 2. The molecule has 2 amide bonds. The standard InChI is InChI=1S/C17H24ClN3O3/c1-13(22)21-9-8-20(11-16(23)12-21)7-6-17(24)19-10-14-2-4-15(18)5-3-14/h2-5,16,23H,6-12H2,1H3,(H,19,24). The number of nitrogens with one attached hydrogen (secondary N) is 1. The topological polar surface area (TPSA) is 72.9 Å². The zero-order valence-corrected chi connectivity index (χ0v) is 14.6. The molecule has 132 valence electrons.